The van der Waals surface area contributed by atoms with E-state index in [1.165, 1.54) is 24.3 Å². The summed E-state index contributed by atoms with van der Waals surface area (Å²) in [6.07, 6.45) is 6.25. The van der Waals surface area contributed by atoms with Crippen molar-refractivity contribution in [3.8, 4) is 22.9 Å². The second-order valence-electron chi connectivity index (χ2n) is 11.7. The number of carboxylic acid groups (broad SMARTS) is 1. The molecule has 1 unspecified atom stereocenters. The number of nitrogens with zero attached hydrogens (tertiary/aromatic N) is 1. The lowest BCUT2D eigenvalue weighted by molar-refractivity contribution is -0.137. The van der Waals surface area contributed by atoms with E-state index in [1.807, 2.05) is 37.3 Å². The molecule has 5 aromatic rings. The van der Waals surface area contributed by atoms with Crippen LogP contribution in [0.15, 0.2) is 67.0 Å². The number of nitrogens with one attached hydrogen (secondary N) is 3. The van der Waals surface area contributed by atoms with Crippen LogP contribution in [0.3, 0.4) is 0 Å². The molecule has 2 aromatic heterocycles. The molecule has 0 radical (unpaired) electrons. The van der Waals surface area contributed by atoms with Crippen LogP contribution < -0.4 is 10.1 Å². The molecule has 45 heavy (non-hydrogen) atoms. The van der Waals surface area contributed by atoms with Gasteiger partial charge >= 0.3 is 5.97 Å². The number of amides is 1. The summed E-state index contributed by atoms with van der Waals surface area (Å²) < 4.78 is 36.8. The minimum Gasteiger partial charge on any atom is -0.481 e. The first-order valence-corrected chi connectivity index (χ1v) is 15.1. The van der Waals surface area contributed by atoms with E-state index < -0.39 is 23.0 Å². The van der Waals surface area contributed by atoms with Crippen molar-refractivity contribution in [2.75, 3.05) is 6.54 Å². The number of carbonyl (C=O) groups excluding carboxylic acids is 1. The highest BCUT2D eigenvalue weighted by Crippen LogP contribution is 2.39. The van der Waals surface area contributed by atoms with Crippen LogP contribution in [0.5, 0.6) is 11.5 Å². The van der Waals surface area contributed by atoms with Crippen molar-refractivity contribution in [3.63, 3.8) is 0 Å². The first-order chi connectivity index (χ1) is 21.7. The number of rotatable bonds is 4. The molecule has 0 saturated heterocycles. The van der Waals surface area contributed by atoms with E-state index >= 15 is 8.78 Å². The van der Waals surface area contributed by atoms with Crippen LogP contribution >= 0.6 is 0 Å². The summed E-state index contributed by atoms with van der Waals surface area (Å²) in [6.45, 7) is 2.45. The van der Waals surface area contributed by atoms with Gasteiger partial charge in [0, 0.05) is 65.4 Å². The second-order valence-corrected chi connectivity index (χ2v) is 11.7. The molecule has 0 aliphatic carbocycles. The van der Waals surface area contributed by atoms with Gasteiger partial charge in [-0.2, -0.15) is 0 Å². The summed E-state index contributed by atoms with van der Waals surface area (Å²) >= 11 is 0. The molecule has 232 valence electrons. The molecule has 0 saturated carbocycles. The summed E-state index contributed by atoms with van der Waals surface area (Å²) in [5.74, 6) is -1.44. The van der Waals surface area contributed by atoms with Gasteiger partial charge in [0.2, 0.25) is 5.91 Å². The van der Waals surface area contributed by atoms with Crippen LogP contribution in [0.25, 0.3) is 22.3 Å². The highest BCUT2D eigenvalue weighted by atomic mass is 19.1. The van der Waals surface area contributed by atoms with Crippen molar-refractivity contribution < 1.29 is 28.2 Å². The number of fused-ring (bicyclic) bond motifs is 8. The second kappa shape index (κ2) is 12.6. The van der Waals surface area contributed by atoms with Gasteiger partial charge in [-0.05, 0) is 74.4 Å². The lowest BCUT2D eigenvalue weighted by atomic mass is 9.75. The van der Waals surface area contributed by atoms with Crippen LogP contribution in [0.2, 0.25) is 0 Å². The molecule has 8 nitrogen and oxygen atoms in total. The summed E-state index contributed by atoms with van der Waals surface area (Å²) in [7, 11) is 0. The smallest absolute Gasteiger partial charge is 0.303 e. The summed E-state index contributed by atoms with van der Waals surface area (Å²) in [4.78, 5) is 34.9. The Morgan fingerprint density at radius 3 is 2.78 bits per heavy atom. The molecule has 4 bridgehead atoms. The number of carbonyl (C=O) groups is 2. The fourth-order valence-corrected chi connectivity index (χ4v) is 6.13. The molecule has 1 amide bonds. The van der Waals surface area contributed by atoms with Gasteiger partial charge in [-0.15, -0.1) is 0 Å². The third-order valence-electron chi connectivity index (χ3n) is 8.65. The average Bonchev–Trinajstić information content (AvgIpc) is 3.70. The van der Waals surface area contributed by atoms with Gasteiger partial charge in [0.25, 0.3) is 0 Å². The lowest BCUT2D eigenvalue weighted by Crippen LogP contribution is -2.27. The van der Waals surface area contributed by atoms with Crippen LogP contribution in [0.1, 0.15) is 61.4 Å². The van der Waals surface area contributed by atoms with Crippen LogP contribution in [0, 0.1) is 11.6 Å². The number of hydrogen-bond donors (Lipinski definition) is 4. The zero-order valence-corrected chi connectivity index (χ0v) is 24.9. The Bertz CT molecular complexity index is 1880. The molecular weight excluding hydrogens is 578 g/mol. The molecular formula is C35H34F2N4O4. The topological polar surface area (TPSA) is 120 Å². The standard InChI is InChI=1S/C35H34F2N4O4/c1-35(22-6-2-5-21(17-22)9-12-32(43)44)14-3-8-31(42)39-15-4-7-25-24-13-16-38-29(24)19-28(37)33(25)45-23-10-11-27(36)26(18-23)34-40-20-30(35)41-34/h2,5-6,10-11,13,16-20,38H,3-4,7-9,12,14-15H2,1H3,(H,39,42)(H,40,41)(H,43,44). The normalized spacial score (nSPS) is 17.5. The third-order valence-corrected chi connectivity index (χ3v) is 8.65. The van der Waals surface area contributed by atoms with Crippen molar-refractivity contribution >= 4 is 22.8 Å². The fourth-order valence-electron chi connectivity index (χ4n) is 6.13. The van der Waals surface area contributed by atoms with E-state index in [4.69, 9.17) is 4.74 Å². The maximum absolute atomic E-state index is 15.4. The number of carboxylic acids is 1. The predicted molar refractivity (Wildman–Crippen MR) is 166 cm³/mol. The maximum atomic E-state index is 15.4. The van der Waals surface area contributed by atoms with Crippen LogP contribution in [-0.4, -0.2) is 38.5 Å². The van der Waals surface area contributed by atoms with Crippen LogP contribution in [-0.2, 0) is 27.8 Å². The maximum Gasteiger partial charge on any atom is 0.303 e. The highest BCUT2D eigenvalue weighted by molar-refractivity contribution is 5.85. The number of benzene rings is 3. The van der Waals surface area contributed by atoms with Crippen molar-refractivity contribution in [1.82, 2.24) is 20.3 Å². The molecule has 10 heteroatoms. The molecule has 1 aliphatic heterocycles. The zero-order chi connectivity index (χ0) is 31.6. The van der Waals surface area contributed by atoms with E-state index in [-0.39, 0.29) is 35.2 Å². The number of imidazole rings is 1. The molecule has 3 aromatic carbocycles. The van der Waals surface area contributed by atoms with Crippen LogP contribution in [0.4, 0.5) is 8.78 Å². The van der Waals surface area contributed by atoms with E-state index in [0.29, 0.717) is 61.8 Å². The molecule has 0 fully saturated rings. The van der Waals surface area contributed by atoms with Gasteiger partial charge in [-0.1, -0.05) is 24.3 Å². The first kappa shape index (κ1) is 30.1. The Labute approximate surface area is 258 Å². The van der Waals surface area contributed by atoms with Gasteiger partial charge in [-0.25, -0.2) is 13.8 Å². The number of aromatic nitrogens is 3. The molecule has 3 heterocycles. The monoisotopic (exact) mass is 612 g/mol. The zero-order valence-electron chi connectivity index (χ0n) is 24.9. The van der Waals surface area contributed by atoms with E-state index in [1.54, 1.807) is 12.4 Å². The largest absolute Gasteiger partial charge is 0.481 e. The summed E-state index contributed by atoms with van der Waals surface area (Å²) in [5.41, 5.74) is 3.34. The van der Waals surface area contributed by atoms with E-state index in [2.05, 4.69) is 20.3 Å². The Morgan fingerprint density at radius 1 is 1.07 bits per heavy atom. The van der Waals surface area contributed by atoms with Gasteiger partial charge in [0.05, 0.1) is 5.56 Å². The number of aromatic amines is 2. The molecule has 6 rings (SSSR count). The predicted octanol–water partition coefficient (Wildman–Crippen LogP) is 7.18. The molecule has 0 spiro atoms. The SMILES string of the molecule is CC1(c2cccc(CCC(=O)O)c2)CCCC(=O)NCCCc2c(c(F)cc3[nH]ccc23)Oc2ccc(F)c(c2)-c2ncc1[nH]2. The molecule has 1 aliphatic rings. The van der Waals surface area contributed by atoms with Gasteiger partial charge in [0.15, 0.2) is 11.6 Å². The Kier molecular flexibility index (Phi) is 8.38. The lowest BCUT2D eigenvalue weighted by Gasteiger charge is -2.30. The molecule has 1 atom stereocenters. The van der Waals surface area contributed by atoms with Crippen molar-refractivity contribution in [3.05, 3.63) is 101 Å². The van der Waals surface area contributed by atoms with Crippen molar-refractivity contribution in [2.45, 2.75) is 57.3 Å². The number of ether oxygens (including phenoxy) is 1. The number of aryl methyl sites for hydroxylation is 2. The Morgan fingerprint density at radius 2 is 1.93 bits per heavy atom. The first-order valence-electron chi connectivity index (χ1n) is 15.1. The van der Waals surface area contributed by atoms with Gasteiger partial charge in [-0.3, -0.25) is 9.59 Å². The number of H-pyrrole nitrogens is 2. The Hall–Kier alpha value is -4.99. The third kappa shape index (κ3) is 6.31. The fraction of sp³-hybridized carbons (Fsp3) is 0.286. The molecule has 4 N–H and O–H groups in total. The van der Waals surface area contributed by atoms with Gasteiger partial charge in [0.1, 0.15) is 17.4 Å². The highest BCUT2D eigenvalue weighted by Gasteiger charge is 2.32. The summed E-state index contributed by atoms with van der Waals surface area (Å²) in [5, 5.41) is 13.0. The number of hydrogen-bond acceptors (Lipinski definition) is 4. The minimum absolute atomic E-state index is 0.0106. The van der Waals surface area contributed by atoms with Crippen molar-refractivity contribution in [1.29, 1.82) is 0 Å². The number of aliphatic carboxylic acids is 1. The Balaban J connectivity index is 1.42. The van der Waals surface area contributed by atoms with E-state index in [9.17, 15) is 14.7 Å². The minimum atomic E-state index is -0.871. The average molecular weight is 613 g/mol. The van der Waals surface area contributed by atoms with Gasteiger partial charge < -0.3 is 25.1 Å². The van der Waals surface area contributed by atoms with Crippen molar-refractivity contribution in [2.24, 2.45) is 0 Å². The summed E-state index contributed by atoms with van der Waals surface area (Å²) in [6, 6.07) is 15.2. The number of halogens is 2. The quantitative estimate of drug-likeness (QED) is 0.171. The van der Waals surface area contributed by atoms with E-state index in [0.717, 1.165) is 16.5 Å².